The second-order valence-electron chi connectivity index (χ2n) is 5.36. The number of nitrogens with zero attached hydrogens (tertiary/aromatic N) is 1. The predicted molar refractivity (Wildman–Crippen MR) is 89.4 cm³/mol. The minimum Gasteiger partial charge on any atom is -0.256 e. The third-order valence-electron chi connectivity index (χ3n) is 4.04. The lowest BCUT2D eigenvalue weighted by Gasteiger charge is -2.12. The molecule has 0 aliphatic carbocycles. The first-order valence-corrected chi connectivity index (χ1v) is 7.17. The van der Waals surface area contributed by atoms with E-state index in [0.29, 0.717) is 0 Å². The zero-order valence-corrected chi connectivity index (χ0v) is 11.9. The van der Waals surface area contributed by atoms with Crippen molar-refractivity contribution in [3.8, 4) is 11.3 Å². The third kappa shape index (κ3) is 1.90. The van der Waals surface area contributed by atoms with Gasteiger partial charge in [0.1, 0.15) is 0 Å². The van der Waals surface area contributed by atoms with E-state index in [1.165, 1.54) is 32.7 Å². The molecule has 0 saturated heterocycles. The summed E-state index contributed by atoms with van der Waals surface area (Å²) in [5.74, 6) is 0. The van der Waals surface area contributed by atoms with Crippen LogP contribution in [0.4, 0.5) is 0 Å². The van der Waals surface area contributed by atoms with Gasteiger partial charge in [-0.05, 0) is 46.2 Å². The van der Waals surface area contributed by atoms with Crippen LogP contribution in [0.25, 0.3) is 32.8 Å². The van der Waals surface area contributed by atoms with E-state index in [0.717, 1.165) is 5.69 Å². The van der Waals surface area contributed by atoms with Crippen LogP contribution in [0.15, 0.2) is 72.9 Å². The molecule has 21 heavy (non-hydrogen) atoms. The Bertz CT molecular complexity index is 940. The summed E-state index contributed by atoms with van der Waals surface area (Å²) in [6, 6.07) is 23.4. The fourth-order valence-corrected chi connectivity index (χ4v) is 3.04. The Morgan fingerprint density at radius 1 is 0.714 bits per heavy atom. The molecule has 0 amide bonds. The average Bonchev–Trinajstić information content (AvgIpc) is 2.55. The second kappa shape index (κ2) is 4.71. The highest BCUT2D eigenvalue weighted by molar-refractivity contribution is 6.14. The molecule has 100 valence electrons. The van der Waals surface area contributed by atoms with Gasteiger partial charge in [-0.25, -0.2) is 0 Å². The lowest BCUT2D eigenvalue weighted by Crippen LogP contribution is -1.90. The minimum absolute atomic E-state index is 1.04. The van der Waals surface area contributed by atoms with Crippen LogP contribution in [0, 0.1) is 6.92 Å². The number of fused-ring (bicyclic) bond motifs is 3. The summed E-state index contributed by atoms with van der Waals surface area (Å²) in [6.07, 6.45) is 1.86. The molecule has 0 aliphatic rings. The number of aryl methyl sites for hydroxylation is 1. The van der Waals surface area contributed by atoms with Crippen molar-refractivity contribution in [2.24, 2.45) is 0 Å². The van der Waals surface area contributed by atoms with Gasteiger partial charge in [0.15, 0.2) is 0 Å². The fraction of sp³-hybridized carbons (Fsp3) is 0.0500. The second-order valence-corrected chi connectivity index (χ2v) is 5.36. The van der Waals surface area contributed by atoms with Crippen LogP contribution in [0.5, 0.6) is 0 Å². The van der Waals surface area contributed by atoms with Gasteiger partial charge in [-0.1, -0.05) is 54.6 Å². The van der Waals surface area contributed by atoms with Gasteiger partial charge >= 0.3 is 0 Å². The van der Waals surface area contributed by atoms with Crippen LogP contribution in [0.2, 0.25) is 0 Å². The summed E-state index contributed by atoms with van der Waals surface area (Å²) in [4.78, 5) is 4.57. The molecule has 0 unspecified atom stereocenters. The number of aromatic nitrogens is 1. The van der Waals surface area contributed by atoms with Gasteiger partial charge in [-0.2, -0.15) is 0 Å². The first kappa shape index (κ1) is 12.1. The summed E-state index contributed by atoms with van der Waals surface area (Å²) in [6.45, 7) is 2.16. The Hall–Kier alpha value is -2.67. The summed E-state index contributed by atoms with van der Waals surface area (Å²) in [5, 5.41) is 5.12. The number of benzene rings is 3. The van der Waals surface area contributed by atoms with Gasteiger partial charge in [0.2, 0.25) is 0 Å². The lowest BCUT2D eigenvalue weighted by molar-refractivity contribution is 1.32. The Balaban J connectivity index is 2.23. The van der Waals surface area contributed by atoms with E-state index in [4.69, 9.17) is 0 Å². The van der Waals surface area contributed by atoms with E-state index < -0.39 is 0 Å². The van der Waals surface area contributed by atoms with Gasteiger partial charge in [-0.3, -0.25) is 4.98 Å². The molecule has 0 bridgehead atoms. The molecule has 1 aromatic heterocycles. The molecule has 1 nitrogen and oxygen atoms in total. The Morgan fingerprint density at radius 2 is 1.48 bits per heavy atom. The maximum absolute atomic E-state index is 4.57. The fourth-order valence-electron chi connectivity index (χ4n) is 3.04. The van der Waals surface area contributed by atoms with Gasteiger partial charge in [0.25, 0.3) is 0 Å². The molecule has 1 heteroatoms. The summed E-state index contributed by atoms with van der Waals surface area (Å²) >= 11 is 0. The van der Waals surface area contributed by atoms with Gasteiger partial charge in [0, 0.05) is 11.8 Å². The lowest BCUT2D eigenvalue weighted by atomic mass is 9.93. The quantitative estimate of drug-likeness (QED) is 0.424. The zero-order chi connectivity index (χ0) is 14.2. The van der Waals surface area contributed by atoms with E-state index >= 15 is 0 Å². The molecule has 0 N–H and O–H groups in total. The van der Waals surface area contributed by atoms with Crippen LogP contribution < -0.4 is 0 Å². The van der Waals surface area contributed by atoms with E-state index in [1.807, 2.05) is 18.3 Å². The largest absolute Gasteiger partial charge is 0.256 e. The van der Waals surface area contributed by atoms with Crippen LogP contribution in [0.1, 0.15) is 5.56 Å². The SMILES string of the molecule is Cc1ccc2ccc3ccccc3c2c1-c1ccccn1. The number of hydrogen-bond acceptors (Lipinski definition) is 1. The third-order valence-corrected chi connectivity index (χ3v) is 4.04. The molecule has 0 radical (unpaired) electrons. The molecule has 0 aliphatic heterocycles. The van der Waals surface area contributed by atoms with Crippen molar-refractivity contribution >= 4 is 21.5 Å². The monoisotopic (exact) mass is 269 g/mol. The van der Waals surface area contributed by atoms with Crippen LogP contribution in [-0.4, -0.2) is 4.98 Å². The van der Waals surface area contributed by atoms with Crippen LogP contribution in [0.3, 0.4) is 0 Å². The number of rotatable bonds is 1. The molecule has 0 spiro atoms. The molecule has 0 saturated carbocycles. The van der Waals surface area contributed by atoms with Crippen LogP contribution in [-0.2, 0) is 0 Å². The minimum atomic E-state index is 1.04. The first-order chi connectivity index (χ1) is 10.3. The Morgan fingerprint density at radius 3 is 2.33 bits per heavy atom. The standard InChI is InChI=1S/C20H15N/c1-14-9-10-16-12-11-15-6-2-3-7-17(15)20(16)19(14)18-8-4-5-13-21-18/h2-13H,1H3. The van der Waals surface area contributed by atoms with Crippen molar-refractivity contribution in [3.63, 3.8) is 0 Å². The van der Waals surface area contributed by atoms with Crippen molar-refractivity contribution in [2.45, 2.75) is 6.92 Å². The first-order valence-electron chi connectivity index (χ1n) is 7.17. The molecule has 4 aromatic rings. The molecule has 4 rings (SSSR count). The van der Waals surface area contributed by atoms with Gasteiger partial charge in [0.05, 0.1) is 5.69 Å². The highest BCUT2D eigenvalue weighted by Gasteiger charge is 2.11. The van der Waals surface area contributed by atoms with E-state index in [1.54, 1.807) is 0 Å². The summed E-state index contributed by atoms with van der Waals surface area (Å²) < 4.78 is 0. The van der Waals surface area contributed by atoms with Gasteiger partial charge in [-0.15, -0.1) is 0 Å². The Labute approximate surface area is 123 Å². The highest BCUT2D eigenvalue weighted by Crippen LogP contribution is 2.35. The average molecular weight is 269 g/mol. The normalized spacial score (nSPS) is 11.1. The van der Waals surface area contributed by atoms with Crippen LogP contribution >= 0.6 is 0 Å². The molecular formula is C20H15N. The van der Waals surface area contributed by atoms with Crippen molar-refractivity contribution in [1.82, 2.24) is 4.98 Å². The molecular weight excluding hydrogens is 254 g/mol. The summed E-state index contributed by atoms with van der Waals surface area (Å²) in [7, 11) is 0. The molecule has 1 heterocycles. The van der Waals surface area contributed by atoms with E-state index in [-0.39, 0.29) is 0 Å². The van der Waals surface area contributed by atoms with Crippen molar-refractivity contribution in [2.75, 3.05) is 0 Å². The van der Waals surface area contributed by atoms with Crippen molar-refractivity contribution < 1.29 is 0 Å². The van der Waals surface area contributed by atoms with Crippen molar-refractivity contribution in [1.29, 1.82) is 0 Å². The van der Waals surface area contributed by atoms with E-state index in [2.05, 4.69) is 66.5 Å². The van der Waals surface area contributed by atoms with E-state index in [9.17, 15) is 0 Å². The zero-order valence-electron chi connectivity index (χ0n) is 11.9. The van der Waals surface area contributed by atoms with Gasteiger partial charge < -0.3 is 0 Å². The summed E-state index contributed by atoms with van der Waals surface area (Å²) in [5.41, 5.74) is 3.54. The molecule has 0 fully saturated rings. The Kier molecular flexibility index (Phi) is 2.71. The number of pyridine rings is 1. The highest BCUT2D eigenvalue weighted by atomic mass is 14.7. The molecule has 0 atom stereocenters. The maximum atomic E-state index is 4.57. The van der Waals surface area contributed by atoms with Crippen molar-refractivity contribution in [3.05, 3.63) is 78.5 Å². The molecule has 3 aromatic carbocycles. The maximum Gasteiger partial charge on any atom is 0.0711 e. The smallest absolute Gasteiger partial charge is 0.0711 e. The topological polar surface area (TPSA) is 12.9 Å². The predicted octanol–water partition coefficient (Wildman–Crippen LogP) is 5.36. The number of hydrogen-bond donors (Lipinski definition) is 0.